The minimum atomic E-state index is -2.66. The monoisotopic (exact) mass is 612 g/mol. The number of esters is 1. The number of carbonyl (C=O) groups excluding carboxylic acids is 1. The number of carboxylic acids is 2. The van der Waals surface area contributed by atoms with Crippen LogP contribution in [0.1, 0.15) is 194 Å². The minimum Gasteiger partial charge on any atom is -0.481 e. The van der Waals surface area contributed by atoms with Crippen molar-refractivity contribution in [3.05, 3.63) is 0 Å². The number of aliphatic carboxylic acids is 2. The first kappa shape index (κ1) is 41.4. The lowest BCUT2D eigenvalue weighted by atomic mass is 9.95. The molecule has 0 radical (unpaired) electrons. The average molecular weight is 613 g/mol. The first-order valence-corrected chi connectivity index (χ1v) is 18.0. The minimum absolute atomic E-state index is 0.330. The molecular formula is C36H68O7. The summed E-state index contributed by atoms with van der Waals surface area (Å²) in [7, 11) is 0. The molecule has 0 bridgehead atoms. The maximum absolute atomic E-state index is 12.6. The predicted molar refractivity (Wildman–Crippen MR) is 175 cm³/mol. The first-order chi connectivity index (χ1) is 20.6. The van der Waals surface area contributed by atoms with Crippen molar-refractivity contribution in [3.8, 4) is 0 Å². The van der Waals surface area contributed by atoms with E-state index in [9.17, 15) is 24.6 Å². The highest BCUT2D eigenvalue weighted by molar-refractivity contribution is 5.88. The van der Waals surface area contributed by atoms with Crippen LogP contribution in [0, 0.1) is 5.92 Å². The molecule has 0 spiro atoms. The molecule has 0 fully saturated rings. The van der Waals surface area contributed by atoms with Crippen LogP contribution in [-0.4, -0.2) is 44.9 Å². The number of carbonyl (C=O) groups is 3. The zero-order chi connectivity index (χ0) is 32.2. The fourth-order valence-corrected chi connectivity index (χ4v) is 5.74. The number of hydrogen-bond donors (Lipinski definition) is 3. The number of ether oxygens (including phenoxy) is 1. The molecule has 0 aromatic rings. The summed E-state index contributed by atoms with van der Waals surface area (Å²) in [5.74, 6) is -3.26. The molecule has 0 rings (SSSR count). The van der Waals surface area contributed by atoms with Gasteiger partial charge in [-0.05, 0) is 31.6 Å². The van der Waals surface area contributed by atoms with E-state index < -0.39 is 36.4 Å². The highest BCUT2D eigenvalue weighted by atomic mass is 16.5. The van der Waals surface area contributed by atoms with Gasteiger partial charge in [0.05, 0.1) is 12.8 Å². The van der Waals surface area contributed by atoms with Crippen molar-refractivity contribution in [3.63, 3.8) is 0 Å². The molecule has 7 nitrogen and oxygen atoms in total. The Balaban J connectivity index is 4.37. The summed E-state index contributed by atoms with van der Waals surface area (Å²) in [5.41, 5.74) is -2.66. The summed E-state index contributed by atoms with van der Waals surface area (Å²) < 4.78 is 5.63. The molecule has 0 aliphatic rings. The van der Waals surface area contributed by atoms with E-state index in [1.165, 1.54) is 109 Å². The van der Waals surface area contributed by atoms with Crippen molar-refractivity contribution in [2.75, 3.05) is 0 Å². The van der Waals surface area contributed by atoms with Gasteiger partial charge in [-0.15, -0.1) is 0 Å². The van der Waals surface area contributed by atoms with Crippen LogP contribution >= 0.6 is 0 Å². The Kier molecular flexibility index (Phi) is 26.8. The van der Waals surface area contributed by atoms with Crippen LogP contribution < -0.4 is 0 Å². The third-order valence-corrected chi connectivity index (χ3v) is 8.51. The quantitative estimate of drug-likeness (QED) is 0.0510. The van der Waals surface area contributed by atoms with Gasteiger partial charge in [-0.3, -0.25) is 9.59 Å². The Morgan fingerprint density at radius 3 is 1.23 bits per heavy atom. The molecule has 0 saturated heterocycles. The molecule has 3 N–H and O–H groups in total. The van der Waals surface area contributed by atoms with Gasteiger partial charge < -0.3 is 20.1 Å². The molecule has 254 valence electrons. The van der Waals surface area contributed by atoms with Gasteiger partial charge in [0.15, 0.2) is 5.60 Å². The fourth-order valence-electron chi connectivity index (χ4n) is 5.74. The Morgan fingerprint density at radius 1 is 0.558 bits per heavy atom. The van der Waals surface area contributed by atoms with E-state index in [0.29, 0.717) is 12.8 Å². The Morgan fingerprint density at radius 2 is 0.907 bits per heavy atom. The molecule has 0 heterocycles. The van der Waals surface area contributed by atoms with Gasteiger partial charge in [0, 0.05) is 0 Å². The van der Waals surface area contributed by atoms with Gasteiger partial charge in [-0.1, -0.05) is 156 Å². The second-order valence-corrected chi connectivity index (χ2v) is 13.4. The van der Waals surface area contributed by atoms with Crippen molar-refractivity contribution in [1.29, 1.82) is 0 Å². The zero-order valence-electron chi connectivity index (χ0n) is 28.2. The van der Waals surface area contributed by atoms with Gasteiger partial charge in [0.1, 0.15) is 6.10 Å². The van der Waals surface area contributed by atoms with E-state index >= 15 is 0 Å². The van der Waals surface area contributed by atoms with Gasteiger partial charge in [-0.25, -0.2) is 4.79 Å². The Bertz CT molecular complexity index is 693. The first-order valence-electron chi connectivity index (χ1n) is 18.0. The average Bonchev–Trinajstić information content (AvgIpc) is 2.93. The second kappa shape index (κ2) is 27.9. The highest BCUT2D eigenvalue weighted by Crippen LogP contribution is 2.22. The largest absolute Gasteiger partial charge is 0.481 e. The molecule has 0 aliphatic heterocycles. The van der Waals surface area contributed by atoms with Crippen molar-refractivity contribution in [2.24, 2.45) is 5.92 Å². The summed E-state index contributed by atoms with van der Waals surface area (Å²) in [6.45, 7) is 6.79. The van der Waals surface area contributed by atoms with Crippen molar-refractivity contribution in [2.45, 2.75) is 206 Å². The normalized spacial score (nSPS) is 13.6. The third kappa shape index (κ3) is 26.5. The van der Waals surface area contributed by atoms with Gasteiger partial charge in [-0.2, -0.15) is 0 Å². The molecule has 0 saturated carbocycles. The molecule has 0 aromatic carbocycles. The standard InChI is InChI=1S/C36H68O7/c1-4-5-6-7-8-9-10-11-12-13-14-18-21-24-27-32(28-25-22-19-16-15-17-20-23-26-31(2)3)43-34(39)30-36(42,35(40)41)29-33(37)38/h31-32,42H,4-30H2,1-3H3,(H,37,38)(H,40,41). The lowest BCUT2D eigenvalue weighted by Crippen LogP contribution is -2.43. The van der Waals surface area contributed by atoms with Crippen LogP contribution in [0.15, 0.2) is 0 Å². The van der Waals surface area contributed by atoms with Gasteiger partial charge >= 0.3 is 17.9 Å². The molecular weight excluding hydrogens is 544 g/mol. The SMILES string of the molecule is CCCCCCCCCCCCCCCCC(CCCCCCCCCCC(C)C)OC(=O)CC(O)(CC(=O)O)C(=O)O. The molecule has 0 amide bonds. The highest BCUT2D eigenvalue weighted by Gasteiger charge is 2.41. The maximum atomic E-state index is 12.6. The number of aliphatic hydroxyl groups is 1. The van der Waals surface area contributed by atoms with Gasteiger partial charge in [0.25, 0.3) is 0 Å². The van der Waals surface area contributed by atoms with E-state index in [1.807, 2.05) is 0 Å². The predicted octanol–water partition coefficient (Wildman–Crippen LogP) is 10.0. The van der Waals surface area contributed by atoms with Crippen molar-refractivity contribution < 1.29 is 34.4 Å². The van der Waals surface area contributed by atoms with Crippen molar-refractivity contribution in [1.82, 2.24) is 0 Å². The van der Waals surface area contributed by atoms with Gasteiger partial charge in [0.2, 0.25) is 0 Å². The fraction of sp³-hybridized carbons (Fsp3) is 0.917. The molecule has 0 aliphatic carbocycles. The summed E-state index contributed by atoms with van der Waals surface area (Å²) in [5, 5.41) is 28.5. The number of rotatable bonds is 32. The lowest BCUT2D eigenvalue weighted by Gasteiger charge is -2.23. The number of carboxylic acid groups (broad SMARTS) is 2. The second-order valence-electron chi connectivity index (χ2n) is 13.4. The summed E-state index contributed by atoms with van der Waals surface area (Å²) >= 11 is 0. The molecule has 0 aromatic heterocycles. The van der Waals surface area contributed by atoms with Crippen LogP contribution in [0.2, 0.25) is 0 Å². The smallest absolute Gasteiger partial charge is 0.336 e. The van der Waals surface area contributed by atoms with E-state index in [4.69, 9.17) is 9.84 Å². The summed E-state index contributed by atoms with van der Waals surface area (Å²) in [4.78, 5) is 35.1. The number of hydrogen-bond acceptors (Lipinski definition) is 5. The molecule has 2 atom stereocenters. The van der Waals surface area contributed by atoms with E-state index in [-0.39, 0.29) is 6.10 Å². The van der Waals surface area contributed by atoms with E-state index in [0.717, 1.165) is 44.4 Å². The topological polar surface area (TPSA) is 121 Å². The molecule has 7 heteroatoms. The van der Waals surface area contributed by atoms with E-state index in [2.05, 4.69) is 20.8 Å². The Labute approximate surface area is 263 Å². The van der Waals surface area contributed by atoms with Crippen LogP contribution in [0.5, 0.6) is 0 Å². The summed E-state index contributed by atoms with van der Waals surface area (Å²) in [6.07, 6.45) is 27.8. The van der Waals surface area contributed by atoms with E-state index in [1.54, 1.807) is 0 Å². The number of unbranched alkanes of at least 4 members (excludes halogenated alkanes) is 20. The van der Waals surface area contributed by atoms with Crippen LogP contribution in [0.25, 0.3) is 0 Å². The van der Waals surface area contributed by atoms with Crippen LogP contribution in [0.4, 0.5) is 0 Å². The molecule has 43 heavy (non-hydrogen) atoms. The zero-order valence-corrected chi connectivity index (χ0v) is 28.2. The van der Waals surface area contributed by atoms with Crippen LogP contribution in [-0.2, 0) is 19.1 Å². The molecule has 2 unspecified atom stereocenters. The van der Waals surface area contributed by atoms with Crippen molar-refractivity contribution >= 4 is 17.9 Å². The maximum Gasteiger partial charge on any atom is 0.336 e. The van der Waals surface area contributed by atoms with Crippen LogP contribution in [0.3, 0.4) is 0 Å². The third-order valence-electron chi connectivity index (χ3n) is 8.51. The summed E-state index contributed by atoms with van der Waals surface area (Å²) in [6, 6.07) is 0. The lowest BCUT2D eigenvalue weighted by molar-refractivity contribution is -0.173. The Hall–Kier alpha value is -1.63.